The molecule has 0 amide bonds. The first-order chi connectivity index (χ1) is 13.4. The van der Waals surface area contributed by atoms with Crippen molar-refractivity contribution in [3.63, 3.8) is 0 Å². The summed E-state index contributed by atoms with van der Waals surface area (Å²) >= 11 is 0.845. The van der Waals surface area contributed by atoms with E-state index in [2.05, 4.69) is 0 Å². The predicted octanol–water partition coefficient (Wildman–Crippen LogP) is -2.56. The summed E-state index contributed by atoms with van der Waals surface area (Å²) in [5, 5.41) is 0. The zero-order valence-corrected chi connectivity index (χ0v) is 17.0. The fourth-order valence-electron chi connectivity index (χ4n) is 2.62. The van der Waals surface area contributed by atoms with Crippen LogP contribution in [0.5, 0.6) is 0 Å². The Hall–Kier alpha value is -3.35. The maximum atomic E-state index is 12.4. The first kappa shape index (κ1) is 21.9. The van der Waals surface area contributed by atoms with Gasteiger partial charge in [0.1, 0.15) is 22.8 Å². The SMILES string of the molecule is Cn1c(N)c(C(=O)CSCC(=O)c2c(N)n(C)c(=O)n(C)c2=O)c(=O)n(C)c1=O. The second-order valence-corrected chi connectivity index (χ2v) is 7.26. The number of nitrogens with zero attached hydrogens (tertiary/aromatic N) is 4. The van der Waals surface area contributed by atoms with Crippen molar-refractivity contribution in [2.24, 2.45) is 28.2 Å². The Morgan fingerprint density at radius 1 is 0.690 bits per heavy atom. The number of aromatic nitrogens is 4. The van der Waals surface area contributed by atoms with Crippen LogP contribution in [0.3, 0.4) is 0 Å². The highest BCUT2D eigenvalue weighted by atomic mass is 32.2. The third-order valence-corrected chi connectivity index (χ3v) is 5.38. The van der Waals surface area contributed by atoms with Crippen molar-refractivity contribution in [2.45, 2.75) is 0 Å². The molecule has 0 spiro atoms. The summed E-state index contributed by atoms with van der Waals surface area (Å²) < 4.78 is 3.46. The van der Waals surface area contributed by atoms with Crippen LogP contribution in [0.4, 0.5) is 11.6 Å². The van der Waals surface area contributed by atoms with Crippen LogP contribution in [0, 0.1) is 0 Å². The third-order valence-electron chi connectivity index (χ3n) is 4.44. The minimum Gasteiger partial charge on any atom is -0.384 e. The van der Waals surface area contributed by atoms with E-state index in [-0.39, 0.29) is 34.3 Å². The van der Waals surface area contributed by atoms with E-state index >= 15 is 0 Å². The van der Waals surface area contributed by atoms with E-state index < -0.39 is 34.1 Å². The minimum atomic E-state index is -0.835. The maximum Gasteiger partial charge on any atom is 0.332 e. The molecule has 0 saturated carbocycles. The largest absolute Gasteiger partial charge is 0.384 e. The second-order valence-electron chi connectivity index (χ2n) is 6.27. The number of carbonyl (C=O) groups is 2. The average molecular weight is 424 g/mol. The molecule has 29 heavy (non-hydrogen) atoms. The lowest BCUT2D eigenvalue weighted by Crippen LogP contribution is -2.42. The Balaban J connectivity index is 2.25. The summed E-state index contributed by atoms with van der Waals surface area (Å²) in [5.74, 6) is -2.47. The molecule has 2 aromatic heterocycles. The minimum absolute atomic E-state index is 0.272. The molecule has 0 bridgehead atoms. The summed E-state index contributed by atoms with van der Waals surface area (Å²) in [4.78, 5) is 72.9. The molecule has 0 fully saturated rings. The van der Waals surface area contributed by atoms with Crippen LogP contribution in [0.2, 0.25) is 0 Å². The molecule has 0 saturated heterocycles. The molecule has 156 valence electrons. The number of ketones is 2. The van der Waals surface area contributed by atoms with Gasteiger partial charge in [-0.2, -0.15) is 0 Å². The molecule has 2 aromatic rings. The number of hydrogen-bond acceptors (Lipinski definition) is 9. The van der Waals surface area contributed by atoms with Crippen LogP contribution in [0.1, 0.15) is 20.7 Å². The summed E-state index contributed by atoms with van der Waals surface area (Å²) in [7, 11) is 5.08. The Morgan fingerprint density at radius 3 is 1.31 bits per heavy atom. The van der Waals surface area contributed by atoms with Crippen molar-refractivity contribution in [1.29, 1.82) is 0 Å². The lowest BCUT2D eigenvalue weighted by atomic mass is 10.2. The lowest BCUT2D eigenvalue weighted by molar-refractivity contribution is 0.101. The molecule has 0 atom stereocenters. The van der Waals surface area contributed by atoms with E-state index in [0.717, 1.165) is 30.0 Å². The van der Waals surface area contributed by atoms with Gasteiger partial charge >= 0.3 is 11.4 Å². The summed E-state index contributed by atoms with van der Waals surface area (Å²) in [6, 6.07) is 0. The van der Waals surface area contributed by atoms with E-state index in [9.17, 15) is 28.8 Å². The van der Waals surface area contributed by atoms with Crippen molar-refractivity contribution in [3.05, 3.63) is 52.8 Å². The van der Waals surface area contributed by atoms with E-state index in [1.54, 1.807) is 0 Å². The monoisotopic (exact) mass is 424 g/mol. The number of nitrogen functional groups attached to an aromatic ring is 2. The fraction of sp³-hybridized carbons (Fsp3) is 0.375. The topological polar surface area (TPSA) is 174 Å². The van der Waals surface area contributed by atoms with Crippen molar-refractivity contribution in [1.82, 2.24) is 18.3 Å². The van der Waals surface area contributed by atoms with Crippen LogP contribution in [-0.2, 0) is 28.2 Å². The number of nitrogens with two attached hydrogens (primary N) is 2. The molecule has 0 aliphatic heterocycles. The van der Waals surface area contributed by atoms with Gasteiger partial charge in [0, 0.05) is 28.2 Å². The van der Waals surface area contributed by atoms with Gasteiger partial charge in [0.25, 0.3) is 11.1 Å². The molecule has 0 aromatic carbocycles. The van der Waals surface area contributed by atoms with Crippen molar-refractivity contribution < 1.29 is 9.59 Å². The quantitative estimate of drug-likeness (QED) is 0.473. The molecule has 4 N–H and O–H groups in total. The predicted molar refractivity (Wildman–Crippen MR) is 109 cm³/mol. The van der Waals surface area contributed by atoms with Gasteiger partial charge in [-0.25, -0.2) is 9.59 Å². The molecule has 0 aliphatic carbocycles. The molecule has 2 heterocycles. The highest BCUT2D eigenvalue weighted by molar-refractivity contribution is 8.00. The number of anilines is 2. The molecule has 0 aliphatic rings. The van der Waals surface area contributed by atoms with Gasteiger partial charge in [0.2, 0.25) is 0 Å². The van der Waals surface area contributed by atoms with E-state index in [4.69, 9.17) is 11.5 Å². The molecular weight excluding hydrogens is 404 g/mol. The molecular formula is C16H20N6O6S. The molecule has 0 radical (unpaired) electrons. The number of carbonyl (C=O) groups excluding carboxylic acids is 2. The number of rotatable bonds is 6. The highest BCUT2D eigenvalue weighted by Crippen LogP contribution is 2.12. The standard InChI is InChI=1S/C16H20N6O6S/c1-19-11(17)9(13(25)21(3)15(19)27)7(23)5-29-6-8(24)10-12(18)20(2)16(28)22(4)14(10)26/h5-6,17-18H2,1-4H3. The Morgan fingerprint density at radius 2 is 1.00 bits per heavy atom. The van der Waals surface area contributed by atoms with E-state index in [0.29, 0.717) is 0 Å². The van der Waals surface area contributed by atoms with Crippen molar-refractivity contribution in [3.8, 4) is 0 Å². The van der Waals surface area contributed by atoms with Crippen LogP contribution in [0.25, 0.3) is 0 Å². The summed E-state index contributed by atoms with van der Waals surface area (Å²) in [6.45, 7) is 0. The van der Waals surface area contributed by atoms with Crippen LogP contribution in [-0.4, -0.2) is 41.3 Å². The number of Topliss-reactive ketones (excluding diaryl/α,β-unsaturated/α-hetero) is 2. The molecule has 12 nitrogen and oxygen atoms in total. The van der Waals surface area contributed by atoms with Crippen LogP contribution >= 0.6 is 11.8 Å². The normalized spacial score (nSPS) is 10.9. The molecule has 0 unspecified atom stereocenters. The van der Waals surface area contributed by atoms with Gasteiger partial charge in [-0.1, -0.05) is 0 Å². The average Bonchev–Trinajstić information content (AvgIpc) is 2.68. The smallest absolute Gasteiger partial charge is 0.332 e. The molecule has 13 heteroatoms. The zero-order chi connectivity index (χ0) is 22.2. The van der Waals surface area contributed by atoms with E-state index in [1.165, 1.54) is 28.2 Å². The van der Waals surface area contributed by atoms with Gasteiger partial charge < -0.3 is 11.5 Å². The van der Waals surface area contributed by atoms with Crippen molar-refractivity contribution >= 4 is 35.0 Å². The Labute approximate surface area is 167 Å². The first-order valence-electron chi connectivity index (χ1n) is 8.16. The van der Waals surface area contributed by atoms with E-state index in [1.807, 2.05) is 0 Å². The van der Waals surface area contributed by atoms with Crippen LogP contribution in [0.15, 0.2) is 19.2 Å². The summed E-state index contributed by atoms with van der Waals surface area (Å²) in [6.07, 6.45) is 0. The second kappa shape index (κ2) is 7.95. The summed E-state index contributed by atoms with van der Waals surface area (Å²) in [5.41, 5.74) is 7.72. The van der Waals surface area contributed by atoms with Gasteiger partial charge in [0.15, 0.2) is 11.6 Å². The van der Waals surface area contributed by atoms with Gasteiger partial charge in [-0.05, 0) is 0 Å². The third kappa shape index (κ3) is 3.68. The fourth-order valence-corrected chi connectivity index (χ4v) is 3.39. The molecule has 2 rings (SSSR count). The Bertz CT molecular complexity index is 1170. The lowest BCUT2D eigenvalue weighted by Gasteiger charge is -2.11. The van der Waals surface area contributed by atoms with Gasteiger partial charge in [0.05, 0.1) is 11.5 Å². The number of thioether (sulfide) groups is 1. The Kier molecular flexibility index (Phi) is 6.01. The van der Waals surface area contributed by atoms with Crippen LogP contribution < -0.4 is 34.0 Å². The van der Waals surface area contributed by atoms with Crippen molar-refractivity contribution in [2.75, 3.05) is 23.0 Å². The highest BCUT2D eigenvalue weighted by Gasteiger charge is 2.23. The zero-order valence-electron chi connectivity index (χ0n) is 16.2. The van der Waals surface area contributed by atoms with Gasteiger partial charge in [-0.3, -0.25) is 37.4 Å². The maximum absolute atomic E-state index is 12.4. The number of hydrogen-bond donors (Lipinski definition) is 2. The first-order valence-corrected chi connectivity index (χ1v) is 9.32. The van der Waals surface area contributed by atoms with Gasteiger partial charge in [-0.15, -0.1) is 11.8 Å².